The van der Waals surface area contributed by atoms with Gasteiger partial charge in [-0.15, -0.1) is 0 Å². The van der Waals surface area contributed by atoms with Gasteiger partial charge in [0.25, 0.3) is 5.91 Å². The van der Waals surface area contributed by atoms with Crippen LogP contribution in [0.3, 0.4) is 0 Å². The molecule has 0 heterocycles. The van der Waals surface area contributed by atoms with Crippen LogP contribution in [0.2, 0.25) is 0 Å². The van der Waals surface area contributed by atoms with Gasteiger partial charge in [0.1, 0.15) is 0 Å². The topological polar surface area (TPSA) is 137 Å². The minimum atomic E-state index is -0.561. The van der Waals surface area contributed by atoms with Crippen LogP contribution in [0.4, 0.5) is 0 Å². The van der Waals surface area contributed by atoms with Crippen molar-refractivity contribution >= 4 is 22.6 Å². The standard InChI is InChI=1S/C27H34N6O3/c1-32(2)17-19-7-11-22(12-8-19)27(35)30-16-24(28)18-33(29)25(15-26(34)31-36)14-20-9-10-21-5-3-4-6-23(21)13-20/h3-13,18,25,36H,14-17,28-29H2,1-2H3,(H,30,35)(H,31,34)/b24-18-. The van der Waals surface area contributed by atoms with Gasteiger partial charge in [-0.2, -0.15) is 0 Å². The number of amides is 2. The van der Waals surface area contributed by atoms with Crippen LogP contribution < -0.4 is 22.4 Å². The number of hydroxylamine groups is 1. The Morgan fingerprint density at radius 1 is 1.00 bits per heavy atom. The number of hydrazine groups is 1. The molecular weight excluding hydrogens is 456 g/mol. The van der Waals surface area contributed by atoms with Crippen LogP contribution in [-0.4, -0.2) is 53.6 Å². The molecule has 36 heavy (non-hydrogen) atoms. The molecule has 0 aliphatic heterocycles. The van der Waals surface area contributed by atoms with Gasteiger partial charge in [-0.3, -0.25) is 14.8 Å². The smallest absolute Gasteiger partial charge is 0.251 e. The monoisotopic (exact) mass is 490 g/mol. The zero-order chi connectivity index (χ0) is 26.1. The van der Waals surface area contributed by atoms with Crippen molar-refractivity contribution in [3.63, 3.8) is 0 Å². The predicted molar refractivity (Wildman–Crippen MR) is 140 cm³/mol. The van der Waals surface area contributed by atoms with E-state index in [0.717, 1.165) is 28.4 Å². The van der Waals surface area contributed by atoms with E-state index < -0.39 is 11.9 Å². The molecule has 9 nitrogen and oxygen atoms in total. The Balaban J connectivity index is 1.64. The quantitative estimate of drug-likeness (QED) is 0.158. The lowest BCUT2D eigenvalue weighted by Crippen LogP contribution is -2.42. The highest BCUT2D eigenvalue weighted by atomic mass is 16.5. The first kappa shape index (κ1) is 26.7. The van der Waals surface area contributed by atoms with E-state index in [9.17, 15) is 9.59 Å². The first-order valence-electron chi connectivity index (χ1n) is 11.7. The number of rotatable bonds is 11. The van der Waals surface area contributed by atoms with Crippen LogP contribution in [0.5, 0.6) is 0 Å². The van der Waals surface area contributed by atoms with Crippen LogP contribution >= 0.6 is 0 Å². The summed E-state index contributed by atoms with van der Waals surface area (Å²) < 4.78 is 0. The highest BCUT2D eigenvalue weighted by Gasteiger charge is 2.19. The third kappa shape index (κ3) is 7.81. The van der Waals surface area contributed by atoms with Crippen molar-refractivity contribution in [2.24, 2.45) is 11.6 Å². The predicted octanol–water partition coefficient (Wildman–Crippen LogP) is 2.11. The molecule has 0 aromatic heterocycles. The number of carbonyl (C=O) groups excluding carboxylic acids is 2. The van der Waals surface area contributed by atoms with E-state index in [0.29, 0.717) is 17.7 Å². The Morgan fingerprint density at radius 2 is 1.67 bits per heavy atom. The lowest BCUT2D eigenvalue weighted by Gasteiger charge is -2.26. The van der Waals surface area contributed by atoms with E-state index in [-0.39, 0.29) is 18.9 Å². The van der Waals surface area contributed by atoms with Gasteiger partial charge >= 0.3 is 0 Å². The number of nitrogens with two attached hydrogens (primary N) is 2. The Hall–Kier alpha value is -3.92. The van der Waals surface area contributed by atoms with Crippen molar-refractivity contribution in [1.29, 1.82) is 0 Å². The molecule has 3 aromatic rings. The van der Waals surface area contributed by atoms with E-state index in [4.69, 9.17) is 16.8 Å². The molecule has 3 rings (SSSR count). The summed E-state index contributed by atoms with van der Waals surface area (Å²) in [6.07, 6.45) is 1.90. The average Bonchev–Trinajstić information content (AvgIpc) is 2.86. The minimum absolute atomic E-state index is 0.0464. The highest BCUT2D eigenvalue weighted by Crippen LogP contribution is 2.18. The normalized spacial score (nSPS) is 12.4. The second-order valence-corrected chi connectivity index (χ2v) is 9.05. The fourth-order valence-corrected chi connectivity index (χ4v) is 3.93. The Bertz CT molecular complexity index is 1210. The van der Waals surface area contributed by atoms with Gasteiger partial charge in [0.05, 0.1) is 19.0 Å². The van der Waals surface area contributed by atoms with Gasteiger partial charge in [-0.25, -0.2) is 11.3 Å². The fourth-order valence-electron chi connectivity index (χ4n) is 3.93. The van der Waals surface area contributed by atoms with Gasteiger partial charge in [-0.05, 0) is 54.5 Å². The number of nitrogens with one attached hydrogen (secondary N) is 2. The van der Waals surface area contributed by atoms with Gasteiger partial charge in [0.2, 0.25) is 5.91 Å². The Kier molecular flexibility index (Phi) is 9.40. The molecule has 0 saturated heterocycles. The van der Waals surface area contributed by atoms with Crippen molar-refractivity contribution < 1.29 is 14.8 Å². The molecule has 2 amide bonds. The summed E-state index contributed by atoms with van der Waals surface area (Å²) in [5, 5.41) is 15.3. The number of carbonyl (C=O) groups is 2. The maximum Gasteiger partial charge on any atom is 0.251 e. The molecule has 0 aliphatic carbocycles. The molecule has 1 atom stereocenters. The fraction of sp³-hybridized carbons (Fsp3) is 0.259. The first-order valence-corrected chi connectivity index (χ1v) is 11.7. The average molecular weight is 491 g/mol. The molecule has 9 heteroatoms. The summed E-state index contributed by atoms with van der Waals surface area (Å²) >= 11 is 0. The Morgan fingerprint density at radius 3 is 2.33 bits per heavy atom. The molecule has 0 aliphatic rings. The Labute approximate surface area is 211 Å². The van der Waals surface area contributed by atoms with Gasteiger partial charge in [0.15, 0.2) is 0 Å². The van der Waals surface area contributed by atoms with Crippen LogP contribution in [0, 0.1) is 0 Å². The maximum atomic E-state index is 12.5. The largest absolute Gasteiger partial charge is 0.399 e. The van der Waals surface area contributed by atoms with Crippen LogP contribution in [0.15, 0.2) is 78.6 Å². The number of hydrogen-bond acceptors (Lipinski definition) is 7. The van der Waals surface area contributed by atoms with Crippen LogP contribution in [0.25, 0.3) is 10.8 Å². The van der Waals surface area contributed by atoms with Crippen LogP contribution in [0.1, 0.15) is 27.9 Å². The summed E-state index contributed by atoms with van der Waals surface area (Å²) in [6.45, 7) is 0.874. The molecule has 1 unspecified atom stereocenters. The summed E-state index contributed by atoms with van der Waals surface area (Å²) in [5.74, 6) is 5.44. The summed E-state index contributed by atoms with van der Waals surface area (Å²) in [4.78, 5) is 26.5. The number of nitrogens with zero attached hydrogens (tertiary/aromatic N) is 2. The molecule has 7 N–H and O–H groups in total. The second-order valence-electron chi connectivity index (χ2n) is 9.05. The van der Waals surface area contributed by atoms with Crippen molar-refractivity contribution in [3.8, 4) is 0 Å². The van der Waals surface area contributed by atoms with Crippen molar-refractivity contribution in [2.45, 2.75) is 25.4 Å². The second kappa shape index (κ2) is 12.7. The SMILES string of the molecule is CN(C)Cc1ccc(C(=O)NC/C(N)=C/N(N)C(CC(=O)NO)Cc2ccc3ccccc3c2)cc1. The van der Waals surface area contributed by atoms with E-state index in [1.807, 2.05) is 68.7 Å². The molecule has 0 spiro atoms. The molecule has 190 valence electrons. The van der Waals surface area contributed by atoms with Crippen molar-refractivity contribution in [1.82, 2.24) is 20.7 Å². The van der Waals surface area contributed by atoms with E-state index in [2.05, 4.69) is 10.2 Å². The van der Waals surface area contributed by atoms with Gasteiger partial charge < -0.3 is 21.0 Å². The van der Waals surface area contributed by atoms with Crippen molar-refractivity contribution in [2.75, 3.05) is 20.6 Å². The molecule has 0 fully saturated rings. The highest BCUT2D eigenvalue weighted by molar-refractivity contribution is 5.94. The molecule has 3 aromatic carbocycles. The lowest BCUT2D eigenvalue weighted by molar-refractivity contribution is -0.130. The van der Waals surface area contributed by atoms with Gasteiger partial charge in [-0.1, -0.05) is 54.6 Å². The number of hydrogen-bond donors (Lipinski definition) is 5. The third-order valence-electron chi connectivity index (χ3n) is 5.74. The number of benzene rings is 3. The van der Waals surface area contributed by atoms with E-state index >= 15 is 0 Å². The third-order valence-corrected chi connectivity index (χ3v) is 5.74. The molecule has 0 saturated carbocycles. The number of fused-ring (bicyclic) bond motifs is 1. The zero-order valence-corrected chi connectivity index (χ0v) is 20.6. The van der Waals surface area contributed by atoms with Crippen LogP contribution in [-0.2, 0) is 17.8 Å². The summed E-state index contributed by atoms with van der Waals surface area (Å²) in [6, 6.07) is 20.9. The van der Waals surface area contributed by atoms with Crippen molar-refractivity contribution in [3.05, 3.63) is 95.3 Å². The molecule has 0 radical (unpaired) electrons. The molecule has 0 bridgehead atoms. The molecular formula is C27H34N6O3. The zero-order valence-electron chi connectivity index (χ0n) is 20.6. The minimum Gasteiger partial charge on any atom is -0.399 e. The summed E-state index contributed by atoms with van der Waals surface area (Å²) in [7, 11) is 3.97. The van der Waals surface area contributed by atoms with E-state index in [1.54, 1.807) is 17.6 Å². The maximum absolute atomic E-state index is 12.5. The summed E-state index contributed by atoms with van der Waals surface area (Å²) in [5.41, 5.74) is 10.7. The lowest BCUT2D eigenvalue weighted by atomic mass is 9.99. The van der Waals surface area contributed by atoms with Gasteiger partial charge in [0, 0.05) is 24.0 Å². The first-order chi connectivity index (χ1) is 17.2. The van der Waals surface area contributed by atoms with E-state index in [1.165, 1.54) is 11.2 Å².